The van der Waals surface area contributed by atoms with E-state index in [4.69, 9.17) is 0 Å². The molecule has 1 heteroatoms. The monoisotopic (exact) mass is 182 g/mol. The molecule has 0 saturated heterocycles. The Balaban J connectivity index is 4.92. The maximum Gasteiger partial charge on any atom is 0.107 e. The number of halogens is 1. The van der Waals surface area contributed by atoms with Crippen molar-refractivity contribution in [2.75, 3.05) is 0 Å². The lowest BCUT2D eigenvalue weighted by Crippen LogP contribution is -1.86. The van der Waals surface area contributed by atoms with Crippen LogP contribution in [0.25, 0.3) is 0 Å². The number of allylic oxidation sites excluding steroid dienone is 6. The average molecular weight is 182 g/mol. The van der Waals surface area contributed by atoms with Crippen LogP contribution in [0.3, 0.4) is 0 Å². The topological polar surface area (TPSA) is 0 Å². The molecule has 0 fully saturated rings. The van der Waals surface area contributed by atoms with E-state index >= 15 is 0 Å². The molecule has 0 aliphatic carbocycles. The summed E-state index contributed by atoms with van der Waals surface area (Å²) in [7, 11) is 0. The normalized spacial score (nSPS) is 15.0. The van der Waals surface area contributed by atoms with Gasteiger partial charge in [0, 0.05) is 5.57 Å². The fraction of sp³-hybridized carbons (Fsp3) is 0.500. The van der Waals surface area contributed by atoms with E-state index in [0.29, 0.717) is 6.42 Å². The van der Waals surface area contributed by atoms with Crippen molar-refractivity contribution < 1.29 is 4.39 Å². The van der Waals surface area contributed by atoms with E-state index < -0.39 is 0 Å². The summed E-state index contributed by atoms with van der Waals surface area (Å²) >= 11 is 0. The Kier molecular flexibility index (Phi) is 6.21. The molecule has 0 heterocycles. The zero-order valence-corrected chi connectivity index (χ0v) is 9.02. The molecule has 0 saturated carbocycles. The second-order valence-electron chi connectivity index (χ2n) is 2.97. The van der Waals surface area contributed by atoms with Gasteiger partial charge in [-0.25, -0.2) is 4.39 Å². The van der Waals surface area contributed by atoms with Crippen LogP contribution < -0.4 is 0 Å². The molecule has 0 unspecified atom stereocenters. The van der Waals surface area contributed by atoms with Crippen molar-refractivity contribution in [3.05, 3.63) is 35.2 Å². The first-order chi connectivity index (χ1) is 6.17. The maximum atomic E-state index is 13.3. The van der Waals surface area contributed by atoms with Crippen molar-refractivity contribution >= 4 is 0 Å². The van der Waals surface area contributed by atoms with Gasteiger partial charge in [-0.3, -0.25) is 0 Å². The van der Waals surface area contributed by atoms with Gasteiger partial charge < -0.3 is 0 Å². The lowest BCUT2D eigenvalue weighted by Gasteiger charge is -2.04. The number of rotatable bonds is 4. The van der Waals surface area contributed by atoms with Gasteiger partial charge in [0.1, 0.15) is 5.83 Å². The van der Waals surface area contributed by atoms with Crippen LogP contribution in [-0.4, -0.2) is 0 Å². The first-order valence-corrected chi connectivity index (χ1v) is 4.85. The first kappa shape index (κ1) is 12.2. The fourth-order valence-corrected chi connectivity index (χ4v) is 1.21. The molecular weight excluding hydrogens is 163 g/mol. The fourth-order valence-electron chi connectivity index (χ4n) is 1.21. The molecule has 0 spiro atoms. The van der Waals surface area contributed by atoms with Gasteiger partial charge in [0.25, 0.3) is 0 Å². The molecule has 0 bridgehead atoms. The van der Waals surface area contributed by atoms with Crippen LogP contribution in [-0.2, 0) is 0 Å². The molecule has 0 aliphatic rings. The molecule has 0 aromatic carbocycles. The van der Waals surface area contributed by atoms with Crippen molar-refractivity contribution in [2.24, 2.45) is 0 Å². The molecule has 0 atom stereocenters. The van der Waals surface area contributed by atoms with Crippen LogP contribution in [0.1, 0.15) is 40.5 Å². The van der Waals surface area contributed by atoms with Crippen molar-refractivity contribution in [3.8, 4) is 0 Å². The minimum absolute atomic E-state index is 0.0275. The summed E-state index contributed by atoms with van der Waals surface area (Å²) in [5.41, 5.74) is 1.77. The predicted molar refractivity (Wildman–Crippen MR) is 57.3 cm³/mol. The van der Waals surface area contributed by atoms with Crippen LogP contribution >= 0.6 is 0 Å². The highest BCUT2D eigenvalue weighted by Gasteiger charge is 2.02. The molecule has 13 heavy (non-hydrogen) atoms. The second kappa shape index (κ2) is 6.64. The summed E-state index contributed by atoms with van der Waals surface area (Å²) in [6, 6.07) is 0. The second-order valence-corrected chi connectivity index (χ2v) is 2.97. The molecule has 0 aromatic rings. The van der Waals surface area contributed by atoms with Crippen LogP contribution in [0.2, 0.25) is 0 Å². The molecule has 0 rings (SSSR count). The third-order valence-corrected chi connectivity index (χ3v) is 1.87. The molecule has 0 radical (unpaired) electrons. The van der Waals surface area contributed by atoms with Crippen LogP contribution in [0, 0.1) is 0 Å². The Morgan fingerprint density at radius 2 is 1.92 bits per heavy atom. The summed E-state index contributed by atoms with van der Waals surface area (Å²) in [5.74, 6) is -0.0275. The van der Waals surface area contributed by atoms with Crippen molar-refractivity contribution in [3.63, 3.8) is 0 Å². The predicted octanol–water partition coefficient (Wildman–Crippen LogP) is 4.55. The molecule has 0 amide bonds. The van der Waals surface area contributed by atoms with E-state index in [1.807, 2.05) is 39.0 Å². The quantitative estimate of drug-likeness (QED) is 0.559. The van der Waals surface area contributed by atoms with Gasteiger partial charge in [-0.1, -0.05) is 32.1 Å². The summed E-state index contributed by atoms with van der Waals surface area (Å²) < 4.78 is 13.3. The molecule has 0 N–H and O–H groups in total. The average Bonchev–Trinajstić information content (AvgIpc) is 2.13. The number of hydrogen-bond donors (Lipinski definition) is 0. The van der Waals surface area contributed by atoms with E-state index in [9.17, 15) is 4.39 Å². The molecule has 74 valence electrons. The Bertz CT molecular complexity index is 232. The lowest BCUT2D eigenvalue weighted by atomic mass is 10.0. The van der Waals surface area contributed by atoms with E-state index in [2.05, 4.69) is 6.92 Å². The van der Waals surface area contributed by atoms with Crippen LogP contribution in [0.5, 0.6) is 0 Å². The Hall–Kier alpha value is -0.850. The number of hydrogen-bond acceptors (Lipinski definition) is 0. The van der Waals surface area contributed by atoms with Gasteiger partial charge in [-0.15, -0.1) is 0 Å². The van der Waals surface area contributed by atoms with Crippen molar-refractivity contribution in [1.29, 1.82) is 0 Å². The van der Waals surface area contributed by atoms with Crippen molar-refractivity contribution in [2.45, 2.75) is 40.5 Å². The SMILES string of the molecule is C/C=C\C(C(C)=CCC)=C(\F)CC. The smallest absolute Gasteiger partial charge is 0.107 e. The minimum atomic E-state index is -0.0275. The Labute approximate surface area is 80.9 Å². The highest BCUT2D eigenvalue weighted by Crippen LogP contribution is 2.20. The molecule has 0 aromatic heterocycles. The van der Waals surface area contributed by atoms with Crippen LogP contribution in [0.15, 0.2) is 35.2 Å². The third-order valence-electron chi connectivity index (χ3n) is 1.87. The summed E-state index contributed by atoms with van der Waals surface area (Å²) in [6.07, 6.45) is 7.17. The highest BCUT2D eigenvalue weighted by atomic mass is 19.1. The maximum absolute atomic E-state index is 13.3. The van der Waals surface area contributed by atoms with Gasteiger partial charge in [0.15, 0.2) is 0 Å². The molecule has 0 nitrogen and oxygen atoms in total. The Morgan fingerprint density at radius 1 is 1.31 bits per heavy atom. The van der Waals surface area contributed by atoms with Gasteiger partial charge in [-0.2, -0.15) is 0 Å². The van der Waals surface area contributed by atoms with Gasteiger partial charge in [0.2, 0.25) is 0 Å². The Morgan fingerprint density at radius 3 is 2.31 bits per heavy atom. The standard InChI is InChI=1S/C12H19F/c1-5-8-10(4)11(9-6-2)12(13)7-3/h6,8-9H,5,7H2,1-4H3/b9-6-,10-8?,12-11-. The highest BCUT2D eigenvalue weighted by molar-refractivity contribution is 5.40. The largest absolute Gasteiger partial charge is 0.211 e. The van der Waals surface area contributed by atoms with E-state index in [1.54, 1.807) is 0 Å². The van der Waals surface area contributed by atoms with Gasteiger partial charge in [0.05, 0.1) is 0 Å². The zero-order valence-electron chi connectivity index (χ0n) is 9.02. The third kappa shape index (κ3) is 4.07. The van der Waals surface area contributed by atoms with Crippen molar-refractivity contribution in [1.82, 2.24) is 0 Å². The van der Waals surface area contributed by atoms with Crippen LogP contribution in [0.4, 0.5) is 4.39 Å². The summed E-state index contributed by atoms with van der Waals surface area (Å²) in [5, 5.41) is 0. The van der Waals surface area contributed by atoms with E-state index in [-0.39, 0.29) is 5.83 Å². The molecular formula is C12H19F. The van der Waals surface area contributed by atoms with E-state index in [0.717, 1.165) is 17.6 Å². The van der Waals surface area contributed by atoms with Gasteiger partial charge >= 0.3 is 0 Å². The first-order valence-electron chi connectivity index (χ1n) is 4.85. The van der Waals surface area contributed by atoms with E-state index in [1.165, 1.54) is 0 Å². The summed E-state index contributed by atoms with van der Waals surface area (Å²) in [6.45, 7) is 7.74. The summed E-state index contributed by atoms with van der Waals surface area (Å²) in [4.78, 5) is 0. The lowest BCUT2D eigenvalue weighted by molar-refractivity contribution is 0.597. The minimum Gasteiger partial charge on any atom is -0.211 e. The van der Waals surface area contributed by atoms with Gasteiger partial charge in [-0.05, 0) is 32.3 Å². The molecule has 0 aliphatic heterocycles. The zero-order chi connectivity index (χ0) is 10.3.